The molecule has 0 aliphatic rings. The van der Waals surface area contributed by atoms with Crippen molar-refractivity contribution in [1.82, 2.24) is 4.31 Å². The molecular weight excluding hydrogens is 589 g/mol. The summed E-state index contributed by atoms with van der Waals surface area (Å²) in [7, 11) is -7.63. The van der Waals surface area contributed by atoms with Crippen LogP contribution in [0.4, 0.5) is 74.6 Å². The number of halogens is 17. The van der Waals surface area contributed by atoms with Gasteiger partial charge < -0.3 is 5.11 Å². The highest BCUT2D eigenvalue weighted by Crippen LogP contribution is 2.64. The van der Waals surface area contributed by atoms with E-state index in [2.05, 4.69) is 0 Å². The Morgan fingerprint density at radius 2 is 0.917 bits per heavy atom. The maximum Gasteiger partial charge on any atom is 0.460 e. The Balaban J connectivity index is 7.13. The van der Waals surface area contributed by atoms with E-state index in [1.165, 1.54) is 0 Å². The maximum absolute atomic E-state index is 14.0. The standard InChI is InChI=1S/C13H10F17NO4S/c1-4(2)31(3-5(32)33)36(34,35)13(29,30)11(24,25)9(20,21)7(16,17)6(14,15)8(18,19)10(22,23)12(26,27)28/h4H,3H2,1-2H3,(H,32,33). The minimum atomic E-state index is -8.95. The van der Waals surface area contributed by atoms with Gasteiger partial charge in [0.05, 0.1) is 0 Å². The van der Waals surface area contributed by atoms with Gasteiger partial charge in [-0.05, 0) is 13.8 Å². The number of hydrogen-bond donors (Lipinski definition) is 1. The number of rotatable bonds is 11. The molecule has 0 radical (unpaired) electrons. The van der Waals surface area contributed by atoms with Gasteiger partial charge in [-0.25, -0.2) is 8.42 Å². The number of hydrogen-bond acceptors (Lipinski definition) is 3. The molecule has 0 aliphatic heterocycles. The van der Waals surface area contributed by atoms with Crippen LogP contribution in [0.2, 0.25) is 0 Å². The van der Waals surface area contributed by atoms with Gasteiger partial charge >= 0.3 is 52.9 Å². The van der Waals surface area contributed by atoms with Crippen LogP contribution >= 0.6 is 0 Å². The molecule has 0 fully saturated rings. The molecule has 0 unspecified atom stereocenters. The Morgan fingerprint density at radius 3 is 1.17 bits per heavy atom. The maximum atomic E-state index is 14.0. The zero-order valence-electron chi connectivity index (χ0n) is 16.7. The fourth-order valence-corrected chi connectivity index (χ4v) is 3.72. The van der Waals surface area contributed by atoms with Crippen molar-refractivity contribution in [3.8, 4) is 0 Å². The first-order valence-corrected chi connectivity index (χ1v) is 9.63. The molecule has 23 heteroatoms. The van der Waals surface area contributed by atoms with E-state index in [0.717, 1.165) is 0 Å². The van der Waals surface area contributed by atoms with Crippen molar-refractivity contribution in [2.45, 2.75) is 66.9 Å². The van der Waals surface area contributed by atoms with Gasteiger partial charge in [-0.15, -0.1) is 0 Å². The van der Waals surface area contributed by atoms with Gasteiger partial charge in [0.2, 0.25) is 0 Å². The number of carboxylic acids is 1. The lowest BCUT2D eigenvalue weighted by atomic mass is 9.91. The molecule has 0 saturated heterocycles. The molecule has 0 aromatic heterocycles. The van der Waals surface area contributed by atoms with Crippen molar-refractivity contribution in [3.63, 3.8) is 0 Å². The Labute approximate surface area is 187 Å². The van der Waals surface area contributed by atoms with E-state index in [0.29, 0.717) is 13.8 Å². The third-order valence-corrected chi connectivity index (χ3v) is 6.27. The summed E-state index contributed by atoms with van der Waals surface area (Å²) in [4.78, 5) is 10.6. The Bertz CT molecular complexity index is 941. The Morgan fingerprint density at radius 1 is 0.639 bits per heavy atom. The minimum Gasteiger partial charge on any atom is -0.480 e. The van der Waals surface area contributed by atoms with E-state index in [9.17, 15) is 87.8 Å². The second-order valence-corrected chi connectivity index (χ2v) is 8.93. The van der Waals surface area contributed by atoms with Gasteiger partial charge in [0.25, 0.3) is 10.0 Å². The summed E-state index contributed by atoms with van der Waals surface area (Å²) in [6.07, 6.45) is -7.92. The van der Waals surface area contributed by atoms with Crippen molar-refractivity contribution in [3.05, 3.63) is 0 Å². The Hall–Kier alpha value is -1.81. The molecule has 0 amide bonds. The first kappa shape index (κ1) is 34.2. The molecule has 0 bridgehead atoms. The summed E-state index contributed by atoms with van der Waals surface area (Å²) < 4.78 is 247. The van der Waals surface area contributed by atoms with Crippen molar-refractivity contribution < 1.29 is 93.0 Å². The van der Waals surface area contributed by atoms with E-state index < -0.39 is 79.9 Å². The highest BCUT2D eigenvalue weighted by Gasteiger charge is 2.96. The topological polar surface area (TPSA) is 74.7 Å². The third-order valence-electron chi connectivity index (χ3n) is 4.19. The zero-order chi connectivity index (χ0) is 29.9. The summed E-state index contributed by atoms with van der Waals surface area (Å²) in [5.74, 6) is -54.7. The number of nitrogens with zero attached hydrogens (tertiary/aromatic N) is 1. The van der Waals surface area contributed by atoms with E-state index in [-0.39, 0.29) is 0 Å². The lowest BCUT2D eigenvalue weighted by Gasteiger charge is -2.43. The molecule has 1 N–H and O–H groups in total. The first-order valence-electron chi connectivity index (χ1n) is 8.19. The summed E-state index contributed by atoms with van der Waals surface area (Å²) in [6.45, 7) is -1.45. The molecule has 36 heavy (non-hydrogen) atoms. The fraction of sp³-hybridized carbons (Fsp3) is 0.923. The van der Waals surface area contributed by atoms with Crippen LogP contribution in [0, 0.1) is 0 Å². The lowest BCUT2D eigenvalue weighted by Crippen LogP contribution is -2.75. The zero-order valence-corrected chi connectivity index (χ0v) is 17.6. The van der Waals surface area contributed by atoms with Crippen LogP contribution in [0.1, 0.15) is 13.8 Å². The summed E-state index contributed by atoms with van der Waals surface area (Å²) >= 11 is 0. The monoisotopic (exact) mass is 599 g/mol. The van der Waals surface area contributed by atoms with Gasteiger partial charge in [0.15, 0.2) is 0 Å². The average Bonchev–Trinajstić information content (AvgIpc) is 2.63. The van der Waals surface area contributed by atoms with Crippen LogP contribution in [0.25, 0.3) is 0 Å². The Kier molecular flexibility index (Phi) is 8.45. The van der Waals surface area contributed by atoms with E-state index in [1.807, 2.05) is 0 Å². The third kappa shape index (κ3) is 4.42. The van der Waals surface area contributed by atoms with Crippen LogP contribution in [-0.2, 0) is 14.8 Å². The summed E-state index contributed by atoms with van der Waals surface area (Å²) in [6, 6.07) is -2.20. The molecule has 0 aromatic carbocycles. The predicted molar refractivity (Wildman–Crippen MR) is 79.1 cm³/mol. The second-order valence-electron chi connectivity index (χ2n) is 7.00. The van der Waals surface area contributed by atoms with Crippen molar-refractivity contribution in [2.75, 3.05) is 6.54 Å². The van der Waals surface area contributed by atoms with Crippen LogP contribution in [-0.4, -0.2) is 83.4 Å². The number of carboxylic acid groups (broad SMARTS) is 1. The minimum absolute atomic E-state index is 0.412. The molecule has 0 aliphatic carbocycles. The average molecular weight is 599 g/mol. The number of sulfonamides is 1. The number of alkyl halides is 17. The fourth-order valence-electron chi connectivity index (χ4n) is 2.14. The molecule has 0 aromatic rings. The van der Waals surface area contributed by atoms with Crippen LogP contribution < -0.4 is 0 Å². The molecule has 5 nitrogen and oxygen atoms in total. The quantitative estimate of drug-likeness (QED) is 0.337. The van der Waals surface area contributed by atoms with Crippen LogP contribution in [0.3, 0.4) is 0 Å². The molecule has 0 spiro atoms. The molecular formula is C13H10F17NO4S. The number of aliphatic carboxylic acids is 1. The molecule has 0 rings (SSSR count). The first-order chi connectivity index (χ1) is 15.2. The van der Waals surface area contributed by atoms with Gasteiger partial charge in [-0.2, -0.15) is 78.9 Å². The van der Waals surface area contributed by atoms with Crippen molar-refractivity contribution in [1.29, 1.82) is 0 Å². The van der Waals surface area contributed by atoms with Gasteiger partial charge in [0, 0.05) is 6.04 Å². The normalized spacial score (nSPS) is 16.1. The van der Waals surface area contributed by atoms with Crippen LogP contribution in [0.5, 0.6) is 0 Å². The summed E-state index contributed by atoms with van der Waals surface area (Å²) in [5.41, 5.74) is 0. The van der Waals surface area contributed by atoms with E-state index >= 15 is 0 Å². The molecule has 0 heterocycles. The van der Waals surface area contributed by atoms with Crippen molar-refractivity contribution in [2.24, 2.45) is 0 Å². The van der Waals surface area contributed by atoms with Gasteiger partial charge in [-0.1, -0.05) is 0 Å². The smallest absolute Gasteiger partial charge is 0.460 e. The van der Waals surface area contributed by atoms with E-state index in [4.69, 9.17) is 5.11 Å². The largest absolute Gasteiger partial charge is 0.480 e. The van der Waals surface area contributed by atoms with Gasteiger partial charge in [-0.3, -0.25) is 4.79 Å². The molecule has 0 atom stereocenters. The number of carbonyl (C=O) groups is 1. The van der Waals surface area contributed by atoms with Crippen LogP contribution in [0.15, 0.2) is 0 Å². The molecule has 0 saturated carbocycles. The van der Waals surface area contributed by atoms with Crippen molar-refractivity contribution >= 4 is 16.0 Å². The predicted octanol–water partition coefficient (Wildman–Crippen LogP) is 5.08. The second kappa shape index (κ2) is 8.89. The molecule has 216 valence electrons. The SMILES string of the molecule is CC(C)N(CC(=O)O)S(=O)(=O)C(F)(F)C(F)(F)C(F)(F)C(F)(F)C(F)(F)C(F)(F)C(F)(F)C(F)(F)F. The summed E-state index contributed by atoms with van der Waals surface area (Å²) in [5, 5.41) is 0.653. The van der Waals surface area contributed by atoms with E-state index in [1.54, 1.807) is 0 Å². The highest BCUT2D eigenvalue weighted by atomic mass is 32.2. The van der Waals surface area contributed by atoms with Gasteiger partial charge in [0.1, 0.15) is 6.54 Å². The highest BCUT2D eigenvalue weighted by molar-refractivity contribution is 7.90. The lowest BCUT2D eigenvalue weighted by molar-refractivity contribution is -0.458.